The monoisotopic (exact) mass is 366 g/mol. The summed E-state index contributed by atoms with van der Waals surface area (Å²) in [6.07, 6.45) is 6.36. The zero-order valence-corrected chi connectivity index (χ0v) is 15.0. The van der Waals surface area contributed by atoms with E-state index in [9.17, 15) is 0 Å². The Morgan fingerprint density at radius 3 is 2.19 bits per heavy atom. The van der Waals surface area contributed by atoms with E-state index in [1.807, 2.05) is 0 Å². The van der Waals surface area contributed by atoms with Crippen LogP contribution in [0.4, 0.5) is 0 Å². The molecule has 2 aromatic rings. The van der Waals surface area contributed by atoms with Crippen molar-refractivity contribution in [3.05, 3.63) is 70.2 Å². The van der Waals surface area contributed by atoms with E-state index in [0.29, 0.717) is 0 Å². The van der Waals surface area contributed by atoms with E-state index >= 15 is 0 Å². The minimum Gasteiger partial charge on any atom is -0.147 e. The quantitative estimate of drug-likeness (QED) is 0.492. The molecule has 0 saturated heterocycles. The van der Waals surface area contributed by atoms with Crippen LogP contribution in [-0.4, -0.2) is 0 Å². The number of benzene rings is 2. The van der Waals surface area contributed by atoms with Crippen molar-refractivity contribution in [2.24, 2.45) is 5.92 Å². The lowest BCUT2D eigenvalue weighted by Gasteiger charge is -2.11. The lowest BCUT2D eigenvalue weighted by atomic mass is 9.95. The summed E-state index contributed by atoms with van der Waals surface area (Å²) in [7, 11) is 0. The van der Waals surface area contributed by atoms with Gasteiger partial charge in [0, 0.05) is 4.47 Å². The van der Waals surface area contributed by atoms with Gasteiger partial charge in [0.05, 0.1) is 0 Å². The second-order valence-corrected chi connectivity index (χ2v) is 6.58. The van der Waals surface area contributed by atoms with Crippen molar-refractivity contribution in [3.8, 4) is 0 Å². The van der Waals surface area contributed by atoms with Crippen molar-refractivity contribution in [2.45, 2.75) is 39.0 Å². The predicted octanol–water partition coefficient (Wildman–Crippen LogP) is 6.46. The normalized spacial score (nSPS) is 11.7. The third-order valence-corrected chi connectivity index (χ3v) is 4.28. The first kappa shape index (κ1) is 18.3. The van der Waals surface area contributed by atoms with Crippen LogP contribution in [0.25, 0.3) is 0 Å². The van der Waals surface area contributed by atoms with Crippen molar-refractivity contribution in [2.75, 3.05) is 0 Å². The van der Waals surface area contributed by atoms with Crippen LogP contribution < -0.4 is 0 Å². The van der Waals surface area contributed by atoms with Crippen LogP contribution in [0.3, 0.4) is 0 Å². The minimum atomic E-state index is 0. The fraction of sp³-hybridized carbons (Fsp3) is 0.368. The zero-order valence-electron chi connectivity index (χ0n) is 12.6. The first-order chi connectivity index (χ1) is 9.74. The van der Waals surface area contributed by atoms with Gasteiger partial charge in [-0.2, -0.15) is 0 Å². The first-order valence-corrected chi connectivity index (χ1v) is 8.31. The maximum Gasteiger partial charge on any atom is 0.0175 e. The van der Waals surface area contributed by atoms with E-state index in [4.69, 9.17) is 0 Å². The van der Waals surface area contributed by atoms with Gasteiger partial charge < -0.3 is 0 Å². The summed E-state index contributed by atoms with van der Waals surface area (Å²) in [5.74, 6) is 0.770. The number of hydrogen-bond donors (Lipinski definition) is 0. The van der Waals surface area contributed by atoms with Crippen LogP contribution in [-0.2, 0) is 12.8 Å². The van der Waals surface area contributed by atoms with E-state index in [0.717, 1.165) is 10.4 Å². The maximum atomic E-state index is 3.49. The highest BCUT2D eigenvalue weighted by Gasteiger charge is 2.04. The molecule has 0 aliphatic carbocycles. The molecule has 0 saturated carbocycles. The smallest absolute Gasteiger partial charge is 0.0175 e. The molecule has 0 amide bonds. The average molecular weight is 368 g/mol. The summed E-state index contributed by atoms with van der Waals surface area (Å²) >= 11 is 3.49. The topological polar surface area (TPSA) is 0 Å². The number of aryl methyl sites for hydroxylation is 1. The molecule has 0 aliphatic heterocycles. The SMILES string of the molecule is C[C@H](CCCCc1ccccc1)Cc1ccc(Br)cc1.Cl. The second kappa shape index (κ2) is 10.0. The lowest BCUT2D eigenvalue weighted by molar-refractivity contribution is 0.495. The molecule has 1 atom stereocenters. The van der Waals surface area contributed by atoms with Crippen LogP contribution in [0.1, 0.15) is 37.3 Å². The van der Waals surface area contributed by atoms with Gasteiger partial charge in [-0.05, 0) is 48.4 Å². The summed E-state index contributed by atoms with van der Waals surface area (Å²) < 4.78 is 1.16. The second-order valence-electron chi connectivity index (χ2n) is 5.67. The van der Waals surface area contributed by atoms with Crippen molar-refractivity contribution < 1.29 is 0 Å². The van der Waals surface area contributed by atoms with Crippen LogP contribution in [0.15, 0.2) is 59.1 Å². The molecule has 2 aromatic carbocycles. The Balaban J connectivity index is 0.00000220. The molecule has 0 aliphatic rings. The number of unbranched alkanes of at least 4 members (excludes halogenated alkanes) is 1. The molecule has 114 valence electrons. The fourth-order valence-corrected chi connectivity index (χ4v) is 2.86. The predicted molar refractivity (Wildman–Crippen MR) is 98.3 cm³/mol. The molecule has 2 heteroatoms. The highest BCUT2D eigenvalue weighted by molar-refractivity contribution is 9.10. The van der Waals surface area contributed by atoms with Gasteiger partial charge >= 0.3 is 0 Å². The van der Waals surface area contributed by atoms with Gasteiger partial charge in [-0.3, -0.25) is 0 Å². The number of halogens is 2. The fourth-order valence-electron chi connectivity index (χ4n) is 2.59. The molecular formula is C19H24BrCl. The Labute approximate surface area is 143 Å². The van der Waals surface area contributed by atoms with E-state index < -0.39 is 0 Å². The van der Waals surface area contributed by atoms with E-state index in [1.165, 1.54) is 43.2 Å². The third-order valence-electron chi connectivity index (χ3n) is 3.75. The van der Waals surface area contributed by atoms with E-state index in [1.54, 1.807) is 0 Å². The summed E-state index contributed by atoms with van der Waals surface area (Å²) in [6.45, 7) is 2.37. The zero-order chi connectivity index (χ0) is 14.2. The molecule has 0 heterocycles. The molecule has 0 aromatic heterocycles. The Hall–Kier alpha value is -0.790. The van der Waals surface area contributed by atoms with Gasteiger partial charge in [0.2, 0.25) is 0 Å². The molecular weight excluding hydrogens is 344 g/mol. The summed E-state index contributed by atoms with van der Waals surface area (Å²) in [5.41, 5.74) is 2.91. The lowest BCUT2D eigenvalue weighted by Crippen LogP contribution is -2.00. The molecule has 0 nitrogen and oxygen atoms in total. The van der Waals surface area contributed by atoms with Crippen LogP contribution in [0.5, 0.6) is 0 Å². The third kappa shape index (κ3) is 7.15. The summed E-state index contributed by atoms with van der Waals surface area (Å²) in [4.78, 5) is 0. The Kier molecular flexibility index (Phi) is 8.72. The van der Waals surface area contributed by atoms with Crippen molar-refractivity contribution in [1.82, 2.24) is 0 Å². The molecule has 0 unspecified atom stereocenters. The number of rotatable bonds is 7. The molecule has 0 fully saturated rings. The van der Waals surface area contributed by atoms with Crippen LogP contribution in [0, 0.1) is 5.92 Å². The van der Waals surface area contributed by atoms with Crippen molar-refractivity contribution >= 4 is 28.3 Å². The molecule has 0 spiro atoms. The van der Waals surface area contributed by atoms with E-state index in [2.05, 4.69) is 77.5 Å². The van der Waals surface area contributed by atoms with Gasteiger partial charge in [0.25, 0.3) is 0 Å². The maximum absolute atomic E-state index is 3.49. The minimum absolute atomic E-state index is 0. The molecule has 0 N–H and O–H groups in total. The van der Waals surface area contributed by atoms with Crippen molar-refractivity contribution in [3.63, 3.8) is 0 Å². The molecule has 0 bridgehead atoms. The molecule has 21 heavy (non-hydrogen) atoms. The summed E-state index contributed by atoms with van der Waals surface area (Å²) in [6, 6.07) is 19.5. The molecule has 0 radical (unpaired) electrons. The van der Waals surface area contributed by atoms with Gasteiger partial charge in [0.1, 0.15) is 0 Å². The van der Waals surface area contributed by atoms with Gasteiger partial charge in [-0.15, -0.1) is 12.4 Å². The van der Waals surface area contributed by atoms with Gasteiger partial charge in [-0.25, -0.2) is 0 Å². The highest BCUT2D eigenvalue weighted by atomic mass is 79.9. The highest BCUT2D eigenvalue weighted by Crippen LogP contribution is 2.18. The standard InChI is InChI=1S/C19H23Br.ClH/c1-16(15-18-11-13-19(20)14-12-18)7-5-6-10-17-8-3-2-4-9-17;/h2-4,8-9,11-14,16H,5-7,10,15H2,1H3;1H/t16-;/m1./s1. The average Bonchev–Trinajstić information content (AvgIpc) is 2.47. The largest absolute Gasteiger partial charge is 0.147 e. The van der Waals surface area contributed by atoms with E-state index in [-0.39, 0.29) is 12.4 Å². The Bertz CT molecular complexity index is 493. The van der Waals surface area contributed by atoms with Gasteiger partial charge in [-0.1, -0.05) is 78.2 Å². The number of hydrogen-bond acceptors (Lipinski definition) is 0. The summed E-state index contributed by atoms with van der Waals surface area (Å²) in [5, 5.41) is 0. The van der Waals surface area contributed by atoms with Crippen molar-refractivity contribution in [1.29, 1.82) is 0 Å². The molecule has 2 rings (SSSR count). The first-order valence-electron chi connectivity index (χ1n) is 7.52. The van der Waals surface area contributed by atoms with Gasteiger partial charge in [0.15, 0.2) is 0 Å². The Morgan fingerprint density at radius 1 is 0.857 bits per heavy atom. The van der Waals surface area contributed by atoms with Crippen LogP contribution >= 0.6 is 28.3 Å². The van der Waals surface area contributed by atoms with Crippen LogP contribution in [0.2, 0.25) is 0 Å². The Morgan fingerprint density at radius 2 is 1.52 bits per heavy atom.